The Hall–Kier alpha value is -1.82. The lowest BCUT2D eigenvalue weighted by molar-refractivity contribution is 0.354. The zero-order valence-corrected chi connectivity index (χ0v) is 11.3. The number of nitrogens with zero attached hydrogens (tertiary/aromatic N) is 2. The van der Waals surface area contributed by atoms with Crippen LogP contribution >= 0.6 is 0 Å². The maximum atomic E-state index is 9.10. The summed E-state index contributed by atoms with van der Waals surface area (Å²) in [6, 6.07) is 8.93. The molecule has 1 aromatic rings. The van der Waals surface area contributed by atoms with Gasteiger partial charge in [-0.3, -0.25) is 0 Å². The van der Waals surface area contributed by atoms with E-state index in [1.54, 1.807) is 0 Å². The van der Waals surface area contributed by atoms with E-state index in [0.29, 0.717) is 12.0 Å². The Kier molecular flexibility index (Phi) is 3.25. The van der Waals surface area contributed by atoms with E-state index in [2.05, 4.69) is 35.7 Å². The van der Waals surface area contributed by atoms with Gasteiger partial charge in [0.2, 0.25) is 0 Å². The number of benzene rings is 1. The van der Waals surface area contributed by atoms with Crippen LogP contribution in [0.25, 0.3) is 0 Å². The first-order valence-corrected chi connectivity index (χ1v) is 7.20. The number of nitriles is 1. The third kappa shape index (κ3) is 2.12. The number of hydrogen-bond donors (Lipinski definition) is 1. The third-order valence-corrected chi connectivity index (χ3v) is 4.37. The van der Waals surface area contributed by atoms with Crippen molar-refractivity contribution < 1.29 is 0 Å². The van der Waals surface area contributed by atoms with Crippen LogP contribution in [0.15, 0.2) is 23.3 Å². The Morgan fingerprint density at radius 2 is 2.21 bits per heavy atom. The van der Waals surface area contributed by atoms with Crippen LogP contribution in [0.2, 0.25) is 0 Å². The minimum Gasteiger partial charge on any atom is -0.306 e. The molecule has 0 amide bonds. The van der Waals surface area contributed by atoms with Gasteiger partial charge in [0.15, 0.2) is 0 Å². The zero-order valence-electron chi connectivity index (χ0n) is 11.3. The predicted octanol–water partition coefficient (Wildman–Crippen LogP) is 2.99. The molecule has 0 spiro atoms. The summed E-state index contributed by atoms with van der Waals surface area (Å²) >= 11 is 0. The molecule has 1 aliphatic heterocycles. The van der Waals surface area contributed by atoms with Crippen LogP contribution in [0.3, 0.4) is 0 Å². The normalized spacial score (nSPS) is 25.2. The lowest BCUT2D eigenvalue weighted by Gasteiger charge is -2.25. The zero-order chi connectivity index (χ0) is 13.2. The fourth-order valence-corrected chi connectivity index (χ4v) is 3.28. The summed E-state index contributed by atoms with van der Waals surface area (Å²) in [7, 11) is 0. The van der Waals surface area contributed by atoms with Gasteiger partial charge in [-0.2, -0.15) is 10.4 Å². The van der Waals surface area contributed by atoms with Gasteiger partial charge in [0.1, 0.15) is 0 Å². The molecule has 1 heterocycles. The molecule has 1 fully saturated rings. The SMILES string of the molecule is CCc1cc(C2=NNC3CCCCC23)ccc1C#N. The minimum absolute atomic E-state index is 0.532. The third-order valence-electron chi connectivity index (χ3n) is 4.37. The van der Waals surface area contributed by atoms with Gasteiger partial charge in [0, 0.05) is 5.92 Å². The van der Waals surface area contributed by atoms with Gasteiger partial charge in [0.25, 0.3) is 0 Å². The minimum atomic E-state index is 0.532. The van der Waals surface area contributed by atoms with Gasteiger partial charge < -0.3 is 5.43 Å². The topological polar surface area (TPSA) is 48.2 Å². The Morgan fingerprint density at radius 3 is 3.00 bits per heavy atom. The molecule has 2 unspecified atom stereocenters. The van der Waals surface area contributed by atoms with Crippen molar-refractivity contribution in [2.24, 2.45) is 11.0 Å². The van der Waals surface area contributed by atoms with E-state index >= 15 is 0 Å². The Labute approximate surface area is 114 Å². The second-order valence-electron chi connectivity index (χ2n) is 5.46. The van der Waals surface area contributed by atoms with Crippen LogP contribution in [0.4, 0.5) is 0 Å². The number of fused-ring (bicyclic) bond motifs is 1. The predicted molar refractivity (Wildman–Crippen MR) is 76.0 cm³/mol. The van der Waals surface area contributed by atoms with Crippen molar-refractivity contribution in [2.45, 2.75) is 45.1 Å². The van der Waals surface area contributed by atoms with Gasteiger partial charge in [-0.05, 0) is 42.5 Å². The molecule has 1 saturated carbocycles. The summed E-state index contributed by atoms with van der Waals surface area (Å²) in [4.78, 5) is 0. The molecular formula is C16H19N3. The molecule has 1 aromatic carbocycles. The molecule has 3 heteroatoms. The van der Waals surface area contributed by atoms with E-state index in [4.69, 9.17) is 5.26 Å². The van der Waals surface area contributed by atoms with Crippen LogP contribution in [0.5, 0.6) is 0 Å². The van der Waals surface area contributed by atoms with Crippen LogP contribution in [-0.4, -0.2) is 11.8 Å². The molecule has 98 valence electrons. The van der Waals surface area contributed by atoms with Crippen molar-refractivity contribution in [3.05, 3.63) is 34.9 Å². The average molecular weight is 253 g/mol. The number of hydrazone groups is 1. The van der Waals surface area contributed by atoms with E-state index < -0.39 is 0 Å². The number of rotatable bonds is 2. The highest BCUT2D eigenvalue weighted by atomic mass is 15.3. The highest BCUT2D eigenvalue weighted by molar-refractivity contribution is 6.03. The van der Waals surface area contributed by atoms with E-state index in [9.17, 15) is 0 Å². The lowest BCUT2D eigenvalue weighted by atomic mass is 9.80. The fraction of sp³-hybridized carbons (Fsp3) is 0.500. The van der Waals surface area contributed by atoms with Crippen molar-refractivity contribution >= 4 is 5.71 Å². The number of hydrogen-bond acceptors (Lipinski definition) is 3. The van der Waals surface area contributed by atoms with E-state index in [1.165, 1.54) is 37.0 Å². The molecule has 0 bridgehead atoms. The summed E-state index contributed by atoms with van der Waals surface area (Å²) in [5.41, 5.74) is 7.60. The van der Waals surface area contributed by atoms with Crippen molar-refractivity contribution in [1.29, 1.82) is 5.26 Å². The summed E-state index contributed by atoms with van der Waals surface area (Å²) in [6.45, 7) is 2.10. The smallest absolute Gasteiger partial charge is 0.0994 e. The summed E-state index contributed by atoms with van der Waals surface area (Å²) in [5.74, 6) is 0.561. The highest BCUT2D eigenvalue weighted by Crippen LogP contribution is 2.31. The molecule has 1 aliphatic carbocycles. The molecule has 3 rings (SSSR count). The van der Waals surface area contributed by atoms with Crippen LogP contribution in [0.1, 0.15) is 49.3 Å². The van der Waals surface area contributed by atoms with Crippen molar-refractivity contribution in [1.82, 2.24) is 5.43 Å². The van der Waals surface area contributed by atoms with Gasteiger partial charge >= 0.3 is 0 Å². The maximum absolute atomic E-state index is 9.10. The van der Waals surface area contributed by atoms with Gasteiger partial charge in [-0.25, -0.2) is 0 Å². The molecule has 2 aliphatic rings. The van der Waals surface area contributed by atoms with E-state index in [0.717, 1.165) is 17.5 Å². The largest absolute Gasteiger partial charge is 0.306 e. The first kappa shape index (κ1) is 12.2. The summed E-state index contributed by atoms with van der Waals surface area (Å²) in [5, 5.41) is 13.7. The van der Waals surface area contributed by atoms with E-state index in [-0.39, 0.29) is 0 Å². The maximum Gasteiger partial charge on any atom is 0.0994 e. The lowest BCUT2D eigenvalue weighted by Crippen LogP contribution is -2.32. The molecule has 3 nitrogen and oxygen atoms in total. The summed E-state index contributed by atoms with van der Waals surface area (Å²) in [6.07, 6.45) is 5.97. The van der Waals surface area contributed by atoms with Gasteiger partial charge in [-0.15, -0.1) is 0 Å². The standard InChI is InChI=1S/C16H19N3/c1-2-11-9-12(7-8-13(11)10-17)16-14-5-3-4-6-15(14)18-19-16/h7-9,14-15,18H,2-6H2,1H3. The number of aryl methyl sites for hydroxylation is 1. The first-order valence-electron chi connectivity index (χ1n) is 7.20. The van der Waals surface area contributed by atoms with Crippen LogP contribution in [0, 0.1) is 17.2 Å². The monoisotopic (exact) mass is 253 g/mol. The van der Waals surface area contributed by atoms with Crippen molar-refractivity contribution in [3.63, 3.8) is 0 Å². The van der Waals surface area contributed by atoms with Crippen LogP contribution in [-0.2, 0) is 6.42 Å². The van der Waals surface area contributed by atoms with Crippen molar-refractivity contribution in [2.75, 3.05) is 0 Å². The number of nitrogens with one attached hydrogen (secondary N) is 1. The van der Waals surface area contributed by atoms with Gasteiger partial charge in [-0.1, -0.05) is 25.8 Å². The second-order valence-corrected chi connectivity index (χ2v) is 5.46. The quantitative estimate of drug-likeness (QED) is 0.880. The molecule has 1 N–H and O–H groups in total. The first-order chi connectivity index (χ1) is 9.33. The van der Waals surface area contributed by atoms with Crippen LogP contribution < -0.4 is 5.43 Å². The highest BCUT2D eigenvalue weighted by Gasteiger charge is 2.34. The molecule has 0 saturated heterocycles. The molecule has 2 atom stereocenters. The Morgan fingerprint density at radius 1 is 1.37 bits per heavy atom. The molecular weight excluding hydrogens is 234 g/mol. The average Bonchev–Trinajstić information content (AvgIpc) is 2.90. The van der Waals surface area contributed by atoms with E-state index in [1.807, 2.05) is 6.07 Å². The summed E-state index contributed by atoms with van der Waals surface area (Å²) < 4.78 is 0. The molecule has 19 heavy (non-hydrogen) atoms. The Bertz CT molecular complexity index is 554. The van der Waals surface area contributed by atoms with Gasteiger partial charge in [0.05, 0.1) is 23.4 Å². The Balaban J connectivity index is 1.92. The molecule has 0 radical (unpaired) electrons. The van der Waals surface area contributed by atoms with Crippen molar-refractivity contribution in [3.8, 4) is 6.07 Å². The fourth-order valence-electron chi connectivity index (χ4n) is 3.28. The second kappa shape index (κ2) is 5.05. The molecule has 0 aromatic heterocycles.